The summed E-state index contributed by atoms with van der Waals surface area (Å²) in [6.45, 7) is 11.2. The lowest BCUT2D eigenvalue weighted by Gasteiger charge is -2.37. The van der Waals surface area contributed by atoms with E-state index in [1.807, 2.05) is 18.7 Å². The van der Waals surface area contributed by atoms with Gasteiger partial charge in [0.25, 0.3) is 5.91 Å². The van der Waals surface area contributed by atoms with E-state index in [9.17, 15) is 4.79 Å². The highest BCUT2D eigenvalue weighted by molar-refractivity contribution is 5.94. The molecule has 0 N–H and O–H groups in total. The van der Waals surface area contributed by atoms with Crippen molar-refractivity contribution in [2.45, 2.75) is 27.7 Å². The van der Waals surface area contributed by atoms with Gasteiger partial charge in [0.1, 0.15) is 12.0 Å². The monoisotopic (exact) mass is 324 g/mol. The highest BCUT2D eigenvalue weighted by atomic mass is 16.2. The number of anilines is 1. The first kappa shape index (κ1) is 16.4. The van der Waals surface area contributed by atoms with Crippen molar-refractivity contribution in [3.8, 4) is 0 Å². The van der Waals surface area contributed by atoms with Crippen LogP contribution in [0.5, 0.6) is 0 Å². The van der Waals surface area contributed by atoms with Crippen molar-refractivity contribution >= 4 is 11.6 Å². The second kappa shape index (κ2) is 6.59. The molecular weight excluding hydrogens is 300 g/mol. The molecule has 5 heteroatoms. The maximum atomic E-state index is 12.8. The van der Waals surface area contributed by atoms with E-state index in [1.165, 1.54) is 23.1 Å². The smallest absolute Gasteiger partial charge is 0.272 e. The summed E-state index contributed by atoms with van der Waals surface area (Å²) >= 11 is 0. The van der Waals surface area contributed by atoms with Crippen LogP contribution in [-0.4, -0.2) is 47.0 Å². The van der Waals surface area contributed by atoms with Crippen molar-refractivity contribution in [1.82, 2.24) is 14.9 Å². The Hall–Kier alpha value is -2.43. The van der Waals surface area contributed by atoms with E-state index in [-0.39, 0.29) is 5.91 Å². The van der Waals surface area contributed by atoms with E-state index >= 15 is 0 Å². The van der Waals surface area contributed by atoms with Gasteiger partial charge in [-0.2, -0.15) is 0 Å². The second-order valence-electron chi connectivity index (χ2n) is 6.43. The molecule has 24 heavy (non-hydrogen) atoms. The van der Waals surface area contributed by atoms with E-state index < -0.39 is 0 Å². The van der Waals surface area contributed by atoms with Gasteiger partial charge in [-0.15, -0.1) is 0 Å². The SMILES string of the molecule is Cc1cccc(N2CCN(C(=O)c3ncnc(C)c3C)CC2)c1C. The Morgan fingerprint density at radius 1 is 0.958 bits per heavy atom. The van der Waals surface area contributed by atoms with E-state index in [0.29, 0.717) is 18.8 Å². The highest BCUT2D eigenvalue weighted by Gasteiger charge is 2.25. The van der Waals surface area contributed by atoms with Crippen LogP contribution in [0.25, 0.3) is 0 Å². The molecule has 0 unspecified atom stereocenters. The number of benzene rings is 1. The summed E-state index contributed by atoms with van der Waals surface area (Å²) in [4.78, 5) is 25.4. The topological polar surface area (TPSA) is 49.3 Å². The van der Waals surface area contributed by atoms with Crippen LogP contribution in [0, 0.1) is 27.7 Å². The third kappa shape index (κ3) is 2.98. The molecular formula is C19H24N4O. The maximum Gasteiger partial charge on any atom is 0.272 e. The standard InChI is InChI=1S/C19H24N4O/c1-13-6-5-7-17(14(13)2)22-8-10-23(11-9-22)19(24)18-15(3)16(4)20-12-21-18/h5-7,12H,8-11H2,1-4H3. The van der Waals surface area contributed by atoms with Crippen molar-refractivity contribution < 1.29 is 4.79 Å². The minimum absolute atomic E-state index is 0.0126. The van der Waals surface area contributed by atoms with Gasteiger partial charge in [0, 0.05) is 43.1 Å². The normalized spacial score (nSPS) is 14.8. The number of rotatable bonds is 2. The molecule has 0 saturated carbocycles. The molecule has 1 aromatic carbocycles. The van der Waals surface area contributed by atoms with E-state index in [1.54, 1.807) is 0 Å². The Balaban J connectivity index is 1.72. The van der Waals surface area contributed by atoms with Gasteiger partial charge < -0.3 is 9.80 Å². The lowest BCUT2D eigenvalue weighted by molar-refractivity contribution is 0.0739. The zero-order valence-electron chi connectivity index (χ0n) is 14.8. The van der Waals surface area contributed by atoms with Crippen LogP contribution in [0.15, 0.2) is 24.5 Å². The van der Waals surface area contributed by atoms with Crippen LogP contribution in [0.2, 0.25) is 0 Å². The first-order valence-corrected chi connectivity index (χ1v) is 8.37. The first-order valence-electron chi connectivity index (χ1n) is 8.37. The number of hydrogen-bond donors (Lipinski definition) is 0. The molecule has 1 aliphatic rings. The van der Waals surface area contributed by atoms with Gasteiger partial charge >= 0.3 is 0 Å². The predicted octanol–water partition coefficient (Wildman–Crippen LogP) is 2.67. The highest BCUT2D eigenvalue weighted by Crippen LogP contribution is 2.24. The lowest BCUT2D eigenvalue weighted by Crippen LogP contribution is -2.49. The van der Waals surface area contributed by atoms with Crippen LogP contribution in [0.1, 0.15) is 32.9 Å². The number of piperazine rings is 1. The molecule has 0 radical (unpaired) electrons. The van der Waals surface area contributed by atoms with Crippen LogP contribution < -0.4 is 4.90 Å². The fourth-order valence-corrected chi connectivity index (χ4v) is 3.13. The van der Waals surface area contributed by atoms with Gasteiger partial charge in [0.2, 0.25) is 0 Å². The summed E-state index contributed by atoms with van der Waals surface area (Å²) in [6.07, 6.45) is 1.47. The predicted molar refractivity (Wildman–Crippen MR) is 95.5 cm³/mol. The van der Waals surface area contributed by atoms with Crippen LogP contribution in [0.3, 0.4) is 0 Å². The number of nitrogens with zero attached hydrogens (tertiary/aromatic N) is 4. The zero-order valence-corrected chi connectivity index (χ0v) is 14.8. The first-order chi connectivity index (χ1) is 11.5. The molecule has 5 nitrogen and oxygen atoms in total. The molecule has 2 aromatic rings. The molecule has 1 fully saturated rings. The number of aryl methyl sites for hydroxylation is 2. The quantitative estimate of drug-likeness (QED) is 0.852. The van der Waals surface area contributed by atoms with Crippen LogP contribution in [0.4, 0.5) is 5.69 Å². The maximum absolute atomic E-state index is 12.8. The Labute approximate surface area is 143 Å². The third-order valence-electron chi connectivity index (χ3n) is 5.02. The summed E-state index contributed by atoms with van der Waals surface area (Å²) in [6, 6.07) is 6.40. The average Bonchev–Trinajstić information content (AvgIpc) is 2.59. The molecule has 0 atom stereocenters. The lowest BCUT2D eigenvalue weighted by atomic mass is 10.1. The Morgan fingerprint density at radius 2 is 1.67 bits per heavy atom. The number of aromatic nitrogens is 2. The van der Waals surface area contributed by atoms with Gasteiger partial charge in [-0.05, 0) is 44.9 Å². The molecule has 0 bridgehead atoms. The Morgan fingerprint density at radius 3 is 2.38 bits per heavy atom. The third-order valence-corrected chi connectivity index (χ3v) is 5.02. The fraction of sp³-hybridized carbons (Fsp3) is 0.421. The molecule has 1 aliphatic heterocycles. The number of carbonyl (C=O) groups excluding carboxylic acids is 1. The van der Waals surface area contributed by atoms with Gasteiger partial charge in [-0.1, -0.05) is 12.1 Å². The average molecular weight is 324 g/mol. The van der Waals surface area contributed by atoms with Gasteiger partial charge in [0.05, 0.1) is 0 Å². The fourth-order valence-electron chi connectivity index (χ4n) is 3.13. The van der Waals surface area contributed by atoms with Crippen molar-refractivity contribution in [2.24, 2.45) is 0 Å². The molecule has 2 heterocycles. The molecule has 126 valence electrons. The van der Waals surface area contributed by atoms with Gasteiger partial charge in [-0.25, -0.2) is 9.97 Å². The number of hydrogen-bond acceptors (Lipinski definition) is 4. The Kier molecular flexibility index (Phi) is 4.51. The minimum atomic E-state index is 0.0126. The number of carbonyl (C=O) groups is 1. The summed E-state index contributed by atoms with van der Waals surface area (Å²) in [5, 5.41) is 0. The summed E-state index contributed by atoms with van der Waals surface area (Å²) in [5.74, 6) is 0.0126. The van der Waals surface area contributed by atoms with Gasteiger partial charge in [0.15, 0.2) is 0 Å². The molecule has 1 aromatic heterocycles. The van der Waals surface area contributed by atoms with Crippen molar-refractivity contribution in [2.75, 3.05) is 31.1 Å². The molecule has 1 amide bonds. The van der Waals surface area contributed by atoms with E-state index in [4.69, 9.17) is 0 Å². The van der Waals surface area contributed by atoms with Crippen LogP contribution in [-0.2, 0) is 0 Å². The van der Waals surface area contributed by atoms with Gasteiger partial charge in [-0.3, -0.25) is 4.79 Å². The zero-order chi connectivity index (χ0) is 17.3. The van der Waals surface area contributed by atoms with Crippen molar-refractivity contribution in [1.29, 1.82) is 0 Å². The van der Waals surface area contributed by atoms with Crippen LogP contribution >= 0.6 is 0 Å². The largest absolute Gasteiger partial charge is 0.368 e. The molecule has 0 aliphatic carbocycles. The molecule has 1 saturated heterocycles. The molecule has 0 spiro atoms. The number of amides is 1. The Bertz CT molecular complexity index is 764. The summed E-state index contributed by atoms with van der Waals surface area (Å²) < 4.78 is 0. The summed E-state index contributed by atoms with van der Waals surface area (Å²) in [7, 11) is 0. The van der Waals surface area contributed by atoms with E-state index in [0.717, 1.165) is 24.3 Å². The van der Waals surface area contributed by atoms with Crippen molar-refractivity contribution in [3.63, 3.8) is 0 Å². The van der Waals surface area contributed by atoms with Crippen molar-refractivity contribution in [3.05, 3.63) is 52.6 Å². The second-order valence-corrected chi connectivity index (χ2v) is 6.43. The van der Waals surface area contributed by atoms with E-state index in [2.05, 4.69) is 46.9 Å². The minimum Gasteiger partial charge on any atom is -0.368 e. The molecule has 3 rings (SSSR count). The summed E-state index contributed by atoms with van der Waals surface area (Å²) in [5.41, 5.74) is 6.17.